The van der Waals surface area contributed by atoms with Gasteiger partial charge in [-0.05, 0) is 81.8 Å². The molecule has 0 spiro atoms. The van der Waals surface area contributed by atoms with Crippen molar-refractivity contribution in [1.82, 2.24) is 37.8 Å². The molecule has 0 aliphatic carbocycles. The quantitative estimate of drug-likeness (QED) is 0.141. The lowest BCUT2D eigenvalue weighted by atomic mass is 10.1. The van der Waals surface area contributed by atoms with Crippen molar-refractivity contribution in [2.45, 2.75) is 72.3 Å². The summed E-state index contributed by atoms with van der Waals surface area (Å²) in [7, 11) is 4.36. The van der Waals surface area contributed by atoms with Crippen LogP contribution < -0.4 is 26.4 Å². The van der Waals surface area contributed by atoms with Crippen molar-refractivity contribution in [3.05, 3.63) is 118 Å². The SMILES string of the molecule is CCn1nc(C)cc1C(=O)N=c1n(C)c2ccccc2n1CC(F)(F)C(F)(F)Cn1c(=NC(=O)c2cc(C)nn2CC)n(C)c2cc(C(N)=O)cc(OCc3ccc(OC)cc3)c21. The number of alkyl halides is 4. The number of imidazole rings is 2. The Bertz CT molecular complexity index is 3060. The molecule has 4 heterocycles. The van der Waals surface area contributed by atoms with Gasteiger partial charge in [0.2, 0.25) is 17.1 Å². The van der Waals surface area contributed by atoms with Crippen LogP contribution in [0, 0.1) is 13.8 Å². The number of aryl methyl sites for hydroxylation is 6. The number of hydrogen-bond acceptors (Lipinski definition) is 7. The van der Waals surface area contributed by atoms with Crippen molar-refractivity contribution in [2.75, 3.05) is 7.11 Å². The molecule has 0 aliphatic heterocycles. The van der Waals surface area contributed by atoms with E-state index in [1.54, 1.807) is 70.2 Å². The van der Waals surface area contributed by atoms with Crippen LogP contribution in [0.2, 0.25) is 0 Å². The highest BCUT2D eigenvalue weighted by Crippen LogP contribution is 2.39. The lowest BCUT2D eigenvalue weighted by Crippen LogP contribution is -2.49. The molecule has 0 saturated heterocycles. The minimum absolute atomic E-state index is 0.0199. The summed E-state index contributed by atoms with van der Waals surface area (Å²) >= 11 is 0. The van der Waals surface area contributed by atoms with Gasteiger partial charge in [-0.25, -0.2) is 0 Å². The highest BCUT2D eigenvalue weighted by Gasteiger charge is 2.57. The fourth-order valence-electron chi connectivity index (χ4n) is 7.44. The normalized spacial score (nSPS) is 12.8. The molecule has 0 aliphatic rings. The smallest absolute Gasteiger partial charge is 0.329 e. The number of carbonyl (C=O) groups excluding carboxylic acids is 3. The molecular formula is C43H45F4N11O5. The summed E-state index contributed by atoms with van der Waals surface area (Å²) in [6.07, 6.45) is 0. The van der Waals surface area contributed by atoms with Gasteiger partial charge in [0.15, 0.2) is 0 Å². The number of halogens is 4. The maximum atomic E-state index is 16.9. The van der Waals surface area contributed by atoms with Crippen LogP contribution in [0.4, 0.5) is 17.6 Å². The van der Waals surface area contributed by atoms with E-state index in [4.69, 9.17) is 15.2 Å². The Labute approximate surface area is 357 Å². The molecule has 0 radical (unpaired) electrons. The third-order valence-electron chi connectivity index (χ3n) is 10.6. The van der Waals surface area contributed by atoms with Gasteiger partial charge < -0.3 is 33.5 Å². The fraction of sp³-hybridized carbons (Fsp3) is 0.326. The number of benzene rings is 3. The number of rotatable bonds is 14. The van der Waals surface area contributed by atoms with Gasteiger partial charge in [0.25, 0.3) is 11.8 Å². The zero-order chi connectivity index (χ0) is 45.5. The van der Waals surface area contributed by atoms with E-state index >= 15 is 17.6 Å². The van der Waals surface area contributed by atoms with Gasteiger partial charge >= 0.3 is 11.8 Å². The summed E-state index contributed by atoms with van der Waals surface area (Å²) in [6.45, 7) is 3.89. The molecule has 4 aromatic heterocycles. The Morgan fingerprint density at radius 1 is 0.714 bits per heavy atom. The second kappa shape index (κ2) is 16.9. The highest BCUT2D eigenvalue weighted by atomic mass is 19.3. The van der Waals surface area contributed by atoms with E-state index in [0.717, 1.165) is 9.13 Å². The van der Waals surface area contributed by atoms with E-state index in [2.05, 4.69) is 20.2 Å². The monoisotopic (exact) mass is 871 g/mol. The number of methoxy groups -OCH3 is 1. The van der Waals surface area contributed by atoms with Crippen molar-refractivity contribution in [3.8, 4) is 11.5 Å². The van der Waals surface area contributed by atoms with Crippen LogP contribution in [0.1, 0.15) is 62.1 Å². The molecule has 330 valence electrons. The number of nitrogens with zero attached hydrogens (tertiary/aromatic N) is 10. The van der Waals surface area contributed by atoms with Gasteiger partial charge in [0.05, 0.1) is 48.1 Å². The molecule has 16 nitrogen and oxygen atoms in total. The van der Waals surface area contributed by atoms with Crippen LogP contribution in [0.5, 0.6) is 11.5 Å². The number of nitrogens with two attached hydrogens (primary N) is 1. The molecular weight excluding hydrogens is 827 g/mol. The Balaban J connectivity index is 1.39. The average molecular weight is 872 g/mol. The van der Waals surface area contributed by atoms with Crippen LogP contribution >= 0.6 is 0 Å². The van der Waals surface area contributed by atoms with Gasteiger partial charge in [-0.1, -0.05) is 24.3 Å². The van der Waals surface area contributed by atoms with Crippen LogP contribution in [0.25, 0.3) is 22.1 Å². The van der Waals surface area contributed by atoms with Crippen molar-refractivity contribution >= 4 is 39.8 Å². The maximum Gasteiger partial charge on any atom is 0.329 e. The number of fused-ring (bicyclic) bond motifs is 2. The molecule has 3 amide bonds. The van der Waals surface area contributed by atoms with Gasteiger partial charge in [-0.3, -0.25) is 23.7 Å². The van der Waals surface area contributed by atoms with E-state index in [9.17, 15) is 14.4 Å². The second-order valence-electron chi connectivity index (χ2n) is 14.9. The second-order valence-corrected chi connectivity index (χ2v) is 14.9. The molecule has 63 heavy (non-hydrogen) atoms. The third-order valence-corrected chi connectivity index (χ3v) is 10.6. The summed E-state index contributed by atoms with van der Waals surface area (Å²) in [6, 6.07) is 18.4. The van der Waals surface area contributed by atoms with E-state index in [1.807, 2.05) is 0 Å². The number of ether oxygens (including phenoxy) is 2. The van der Waals surface area contributed by atoms with Gasteiger partial charge in [0.1, 0.15) is 35.0 Å². The predicted molar refractivity (Wildman–Crippen MR) is 223 cm³/mol. The minimum atomic E-state index is -4.90. The zero-order valence-corrected chi connectivity index (χ0v) is 35.6. The number of para-hydroxylation sites is 2. The summed E-state index contributed by atoms with van der Waals surface area (Å²) in [5.41, 5.74) is 6.84. The standard InChI is InChI=1S/C43H45F4N11O5/c1-8-57-33(18-25(3)51-57)38(60)49-40-53(5)30-12-10-11-13-31(30)55(40)23-42(44,45)43(46,47)24-56-36-32(54(6)41(56)50-39(61)34-19-26(4)52-58(34)9-2)20-28(37(48)59)21-35(36)63-22-27-14-16-29(62-7)17-15-27/h10-21H,8-9,22-24H2,1-7H3,(H2,48,59). The molecule has 7 aromatic rings. The van der Waals surface area contributed by atoms with Gasteiger partial charge in [-0.15, -0.1) is 0 Å². The number of primary amides is 1. The third kappa shape index (κ3) is 8.27. The lowest BCUT2D eigenvalue weighted by Gasteiger charge is -2.28. The first-order chi connectivity index (χ1) is 29.9. The van der Waals surface area contributed by atoms with E-state index in [0.29, 0.717) is 34.8 Å². The van der Waals surface area contributed by atoms with Gasteiger partial charge in [0, 0.05) is 32.7 Å². The summed E-state index contributed by atoms with van der Waals surface area (Å²) in [5, 5.41) is 8.55. The first-order valence-electron chi connectivity index (χ1n) is 19.8. The molecule has 0 fully saturated rings. The van der Waals surface area contributed by atoms with Crippen molar-refractivity contribution in [2.24, 2.45) is 29.8 Å². The predicted octanol–water partition coefficient (Wildman–Crippen LogP) is 5.46. The largest absolute Gasteiger partial charge is 0.497 e. The first kappa shape index (κ1) is 43.8. The van der Waals surface area contributed by atoms with Crippen LogP contribution in [0.15, 0.2) is 82.8 Å². The van der Waals surface area contributed by atoms with Crippen molar-refractivity contribution < 1.29 is 41.4 Å². The topological polar surface area (TPSA) is 176 Å². The van der Waals surface area contributed by atoms with Crippen molar-refractivity contribution in [3.63, 3.8) is 0 Å². The average Bonchev–Trinajstić information content (AvgIpc) is 3.98. The molecule has 2 N–H and O–H groups in total. The molecule has 0 atom stereocenters. The Hall–Kier alpha value is -7.25. The fourth-order valence-corrected chi connectivity index (χ4v) is 7.44. The molecule has 0 unspecified atom stereocenters. The van der Waals surface area contributed by atoms with E-state index < -0.39 is 48.3 Å². The Morgan fingerprint density at radius 2 is 1.22 bits per heavy atom. The maximum absolute atomic E-state index is 16.9. The number of hydrogen-bond donors (Lipinski definition) is 1. The minimum Gasteiger partial charge on any atom is -0.497 e. The molecule has 3 aromatic carbocycles. The first-order valence-corrected chi connectivity index (χ1v) is 19.8. The summed E-state index contributed by atoms with van der Waals surface area (Å²) < 4.78 is 85.8. The summed E-state index contributed by atoms with van der Waals surface area (Å²) in [4.78, 5) is 48.4. The Kier molecular flexibility index (Phi) is 11.8. The van der Waals surface area contributed by atoms with E-state index in [1.165, 1.54) is 70.0 Å². The van der Waals surface area contributed by atoms with E-state index in [-0.39, 0.29) is 58.0 Å². The summed E-state index contributed by atoms with van der Waals surface area (Å²) in [5.74, 6) is -12.0. The molecule has 0 saturated carbocycles. The number of amides is 3. The van der Waals surface area contributed by atoms with Crippen molar-refractivity contribution in [1.29, 1.82) is 0 Å². The molecule has 20 heteroatoms. The molecule has 7 rings (SSSR count). The van der Waals surface area contributed by atoms with Crippen LogP contribution in [-0.2, 0) is 46.9 Å². The van der Waals surface area contributed by atoms with Gasteiger partial charge in [-0.2, -0.15) is 37.7 Å². The Morgan fingerprint density at radius 3 is 1.75 bits per heavy atom. The number of aromatic nitrogens is 8. The number of carbonyl (C=O) groups is 3. The molecule has 0 bridgehead atoms. The van der Waals surface area contributed by atoms with Crippen LogP contribution in [-0.4, -0.2) is 74.5 Å². The lowest BCUT2D eigenvalue weighted by molar-refractivity contribution is -0.221. The highest BCUT2D eigenvalue weighted by molar-refractivity contribution is 5.99. The van der Waals surface area contributed by atoms with Crippen LogP contribution in [0.3, 0.4) is 0 Å². The zero-order valence-electron chi connectivity index (χ0n) is 35.6.